The molecular weight excluding hydrogens is 240 g/mol. The first-order chi connectivity index (χ1) is 8.03. The normalized spacial score (nSPS) is 21.1. The van der Waals surface area contributed by atoms with E-state index in [-0.39, 0.29) is 5.82 Å². The maximum Gasteiger partial charge on any atom is 0.129 e. The first-order valence-electron chi connectivity index (χ1n) is 5.84. The third-order valence-electron chi connectivity index (χ3n) is 3.44. The van der Waals surface area contributed by atoms with Crippen LogP contribution < -0.4 is 5.73 Å². The van der Waals surface area contributed by atoms with E-state index in [2.05, 4.69) is 4.98 Å². The number of rotatable bonds is 2. The third kappa shape index (κ3) is 2.54. The first kappa shape index (κ1) is 12.6. The SMILES string of the molecule is Nc1ncc(Cl)cc1C(O)C1(O)CCCCC1. The van der Waals surface area contributed by atoms with E-state index in [1.807, 2.05) is 0 Å². The Bertz CT molecular complexity index is 405. The predicted molar refractivity (Wildman–Crippen MR) is 66.7 cm³/mol. The Morgan fingerprint density at radius 1 is 1.35 bits per heavy atom. The van der Waals surface area contributed by atoms with Gasteiger partial charge in [-0.15, -0.1) is 0 Å². The molecule has 1 fully saturated rings. The van der Waals surface area contributed by atoms with Crippen LogP contribution in [0.3, 0.4) is 0 Å². The van der Waals surface area contributed by atoms with E-state index in [9.17, 15) is 10.2 Å². The number of aliphatic hydroxyl groups is 2. The van der Waals surface area contributed by atoms with Gasteiger partial charge >= 0.3 is 0 Å². The van der Waals surface area contributed by atoms with Gasteiger partial charge in [0, 0.05) is 11.8 Å². The molecule has 5 heteroatoms. The summed E-state index contributed by atoms with van der Waals surface area (Å²) in [6, 6.07) is 1.57. The van der Waals surface area contributed by atoms with E-state index in [4.69, 9.17) is 17.3 Å². The van der Waals surface area contributed by atoms with Crippen molar-refractivity contribution in [3.8, 4) is 0 Å². The Labute approximate surface area is 105 Å². The Morgan fingerprint density at radius 3 is 2.65 bits per heavy atom. The molecule has 0 radical (unpaired) electrons. The topological polar surface area (TPSA) is 79.4 Å². The van der Waals surface area contributed by atoms with Crippen LogP contribution in [0.1, 0.15) is 43.8 Å². The molecule has 1 saturated carbocycles. The summed E-state index contributed by atoms with van der Waals surface area (Å²) in [5, 5.41) is 21.1. The Kier molecular flexibility index (Phi) is 3.56. The van der Waals surface area contributed by atoms with Crippen molar-refractivity contribution in [2.75, 3.05) is 5.73 Å². The summed E-state index contributed by atoms with van der Waals surface area (Å²) in [6.45, 7) is 0. The largest absolute Gasteiger partial charge is 0.387 e. The molecule has 1 aromatic rings. The van der Waals surface area contributed by atoms with Crippen molar-refractivity contribution >= 4 is 17.4 Å². The molecule has 1 aliphatic carbocycles. The van der Waals surface area contributed by atoms with Gasteiger partial charge in [-0.1, -0.05) is 30.9 Å². The summed E-state index contributed by atoms with van der Waals surface area (Å²) < 4.78 is 0. The van der Waals surface area contributed by atoms with Crippen LogP contribution in [-0.2, 0) is 0 Å². The first-order valence-corrected chi connectivity index (χ1v) is 6.22. The van der Waals surface area contributed by atoms with Gasteiger partial charge in [-0.2, -0.15) is 0 Å². The number of pyridine rings is 1. The summed E-state index contributed by atoms with van der Waals surface area (Å²) in [6.07, 6.45) is 4.51. The number of aromatic nitrogens is 1. The van der Waals surface area contributed by atoms with Gasteiger partial charge in [-0.05, 0) is 18.9 Å². The monoisotopic (exact) mass is 256 g/mol. The average Bonchev–Trinajstić information content (AvgIpc) is 2.32. The number of anilines is 1. The number of aliphatic hydroxyl groups excluding tert-OH is 1. The van der Waals surface area contributed by atoms with E-state index in [1.165, 1.54) is 6.20 Å². The molecule has 0 spiro atoms. The summed E-state index contributed by atoms with van der Waals surface area (Å²) >= 11 is 5.83. The molecule has 17 heavy (non-hydrogen) atoms. The molecule has 1 atom stereocenters. The lowest BCUT2D eigenvalue weighted by Crippen LogP contribution is -2.38. The van der Waals surface area contributed by atoms with Crippen molar-refractivity contribution < 1.29 is 10.2 Å². The van der Waals surface area contributed by atoms with Gasteiger partial charge in [-0.3, -0.25) is 0 Å². The van der Waals surface area contributed by atoms with Gasteiger partial charge in [-0.25, -0.2) is 4.98 Å². The van der Waals surface area contributed by atoms with E-state index in [0.717, 1.165) is 19.3 Å². The van der Waals surface area contributed by atoms with Gasteiger partial charge in [0.05, 0.1) is 10.6 Å². The molecule has 1 unspecified atom stereocenters. The number of nitrogens with zero attached hydrogens (tertiary/aromatic N) is 1. The van der Waals surface area contributed by atoms with Crippen LogP contribution in [0, 0.1) is 0 Å². The van der Waals surface area contributed by atoms with E-state index >= 15 is 0 Å². The summed E-state index contributed by atoms with van der Waals surface area (Å²) in [5.41, 5.74) is 5.03. The van der Waals surface area contributed by atoms with Crippen molar-refractivity contribution in [1.29, 1.82) is 0 Å². The van der Waals surface area contributed by atoms with Crippen molar-refractivity contribution in [2.24, 2.45) is 0 Å². The van der Waals surface area contributed by atoms with E-state index < -0.39 is 11.7 Å². The van der Waals surface area contributed by atoms with Crippen molar-refractivity contribution in [1.82, 2.24) is 4.98 Å². The standard InChI is InChI=1S/C12H17ClN2O2/c13-8-6-9(11(14)15-7-8)10(16)12(17)4-2-1-3-5-12/h6-7,10,16-17H,1-5H2,(H2,14,15). The van der Waals surface area contributed by atoms with Crippen molar-refractivity contribution in [3.05, 3.63) is 22.8 Å². The number of nitrogen functional groups attached to an aromatic ring is 1. The molecule has 0 saturated heterocycles. The van der Waals surface area contributed by atoms with E-state index in [1.54, 1.807) is 6.07 Å². The summed E-state index contributed by atoms with van der Waals surface area (Å²) in [4.78, 5) is 3.90. The van der Waals surface area contributed by atoms with E-state index in [0.29, 0.717) is 23.4 Å². The highest BCUT2D eigenvalue weighted by Crippen LogP contribution is 2.40. The molecule has 1 heterocycles. The fraction of sp³-hybridized carbons (Fsp3) is 0.583. The molecule has 94 valence electrons. The van der Waals surface area contributed by atoms with Crippen LogP contribution >= 0.6 is 11.6 Å². The van der Waals surface area contributed by atoms with Crippen LogP contribution in [0.4, 0.5) is 5.82 Å². The second-order valence-corrected chi connectivity index (χ2v) is 5.13. The molecule has 4 nitrogen and oxygen atoms in total. The van der Waals surface area contributed by atoms with Crippen LogP contribution in [0.2, 0.25) is 5.02 Å². The molecule has 4 N–H and O–H groups in total. The van der Waals surface area contributed by atoms with Crippen LogP contribution in [0.25, 0.3) is 0 Å². The average molecular weight is 257 g/mol. The van der Waals surface area contributed by atoms with Crippen LogP contribution in [-0.4, -0.2) is 20.8 Å². The lowest BCUT2D eigenvalue weighted by molar-refractivity contribution is -0.0989. The number of halogens is 1. The Balaban J connectivity index is 2.29. The molecule has 1 aromatic heterocycles. The lowest BCUT2D eigenvalue weighted by atomic mass is 9.78. The fourth-order valence-electron chi connectivity index (χ4n) is 2.41. The Hall–Kier alpha value is -0.840. The quantitative estimate of drug-likeness (QED) is 0.757. The highest BCUT2D eigenvalue weighted by atomic mass is 35.5. The van der Waals surface area contributed by atoms with Gasteiger partial charge in [0.1, 0.15) is 11.9 Å². The molecular formula is C12H17ClN2O2. The highest BCUT2D eigenvalue weighted by molar-refractivity contribution is 6.30. The number of hydrogen-bond donors (Lipinski definition) is 3. The lowest BCUT2D eigenvalue weighted by Gasteiger charge is -2.36. The molecule has 0 aliphatic heterocycles. The molecule has 2 rings (SSSR count). The Morgan fingerprint density at radius 2 is 2.00 bits per heavy atom. The number of hydrogen-bond acceptors (Lipinski definition) is 4. The predicted octanol–water partition coefficient (Wildman–Crippen LogP) is 2.05. The van der Waals surface area contributed by atoms with Crippen molar-refractivity contribution in [2.45, 2.75) is 43.8 Å². The minimum Gasteiger partial charge on any atom is -0.387 e. The van der Waals surface area contributed by atoms with Gasteiger partial charge < -0.3 is 15.9 Å². The maximum absolute atomic E-state index is 10.4. The van der Waals surface area contributed by atoms with Crippen LogP contribution in [0.5, 0.6) is 0 Å². The minimum absolute atomic E-state index is 0.223. The van der Waals surface area contributed by atoms with Gasteiger partial charge in [0.15, 0.2) is 0 Å². The van der Waals surface area contributed by atoms with Gasteiger partial charge in [0.25, 0.3) is 0 Å². The van der Waals surface area contributed by atoms with Crippen molar-refractivity contribution in [3.63, 3.8) is 0 Å². The summed E-state index contributed by atoms with van der Waals surface area (Å²) in [7, 11) is 0. The highest BCUT2D eigenvalue weighted by Gasteiger charge is 2.38. The van der Waals surface area contributed by atoms with Gasteiger partial charge in [0.2, 0.25) is 0 Å². The minimum atomic E-state index is -1.10. The zero-order valence-corrected chi connectivity index (χ0v) is 10.3. The zero-order chi connectivity index (χ0) is 12.5. The second kappa shape index (κ2) is 4.80. The third-order valence-corrected chi connectivity index (χ3v) is 3.65. The molecule has 0 amide bonds. The van der Waals surface area contributed by atoms with Crippen LogP contribution in [0.15, 0.2) is 12.3 Å². The number of nitrogens with two attached hydrogens (primary N) is 1. The second-order valence-electron chi connectivity index (χ2n) is 4.69. The molecule has 0 bridgehead atoms. The zero-order valence-electron chi connectivity index (χ0n) is 9.56. The molecule has 1 aliphatic rings. The molecule has 0 aromatic carbocycles. The smallest absolute Gasteiger partial charge is 0.129 e. The fourth-order valence-corrected chi connectivity index (χ4v) is 2.58. The summed E-state index contributed by atoms with van der Waals surface area (Å²) in [5.74, 6) is 0.223. The maximum atomic E-state index is 10.4.